The van der Waals surface area contributed by atoms with Crippen molar-refractivity contribution in [3.05, 3.63) is 69.9 Å². The van der Waals surface area contributed by atoms with Crippen LogP contribution < -0.4 is 19.7 Å². The van der Waals surface area contributed by atoms with Gasteiger partial charge in [-0.25, -0.2) is 0 Å². The van der Waals surface area contributed by atoms with Gasteiger partial charge in [-0.1, -0.05) is 12.1 Å². The van der Waals surface area contributed by atoms with E-state index >= 15 is 0 Å². The fourth-order valence-electron chi connectivity index (χ4n) is 3.58. The van der Waals surface area contributed by atoms with Crippen molar-refractivity contribution in [1.82, 2.24) is 0 Å². The Morgan fingerprint density at radius 2 is 1.87 bits per heavy atom. The van der Waals surface area contributed by atoms with Crippen LogP contribution >= 0.6 is 11.3 Å². The molecule has 4 rings (SSSR count). The van der Waals surface area contributed by atoms with Crippen molar-refractivity contribution in [2.24, 2.45) is 0 Å². The van der Waals surface area contributed by atoms with E-state index in [1.165, 1.54) is 18.4 Å². The molecule has 0 fully saturated rings. The number of nitrogens with one attached hydrogen (secondary N) is 1. The maximum Gasteiger partial charge on any atom is 0.268 e. The second-order valence-electron chi connectivity index (χ2n) is 6.91. The van der Waals surface area contributed by atoms with Gasteiger partial charge in [-0.3, -0.25) is 9.59 Å². The smallest absolute Gasteiger partial charge is 0.268 e. The van der Waals surface area contributed by atoms with E-state index in [0.717, 1.165) is 24.1 Å². The lowest BCUT2D eigenvalue weighted by molar-refractivity contribution is 0.0987. The zero-order chi connectivity index (χ0) is 21.1. The Hall–Kier alpha value is -3.32. The maximum atomic E-state index is 12.9. The highest BCUT2D eigenvalue weighted by molar-refractivity contribution is 7.12. The highest BCUT2D eigenvalue weighted by Gasteiger charge is 2.24. The summed E-state index contributed by atoms with van der Waals surface area (Å²) in [5.41, 5.74) is 3.05. The number of carbonyl (C=O) groups excluding carboxylic acids is 2. The van der Waals surface area contributed by atoms with Crippen molar-refractivity contribution in [1.29, 1.82) is 0 Å². The zero-order valence-corrected chi connectivity index (χ0v) is 17.6. The molecule has 2 aromatic carbocycles. The van der Waals surface area contributed by atoms with Crippen LogP contribution in [0.1, 0.15) is 32.0 Å². The fourth-order valence-corrected chi connectivity index (χ4v) is 4.25. The van der Waals surface area contributed by atoms with Crippen molar-refractivity contribution < 1.29 is 19.1 Å². The normalized spacial score (nSPS) is 12.8. The molecule has 0 aliphatic carbocycles. The molecular formula is C23H22N2O4S. The number of hydrogen-bond donors (Lipinski definition) is 1. The van der Waals surface area contributed by atoms with Crippen molar-refractivity contribution in [2.75, 3.05) is 31.0 Å². The Labute approximate surface area is 179 Å². The molecule has 1 aliphatic rings. The summed E-state index contributed by atoms with van der Waals surface area (Å²) in [5.74, 6) is 0.783. The number of fused-ring (bicyclic) bond motifs is 1. The number of ether oxygens (including phenoxy) is 2. The summed E-state index contributed by atoms with van der Waals surface area (Å²) < 4.78 is 10.5. The molecule has 1 aliphatic heterocycles. The molecular weight excluding hydrogens is 400 g/mol. The van der Waals surface area contributed by atoms with Crippen LogP contribution in [0.15, 0.2) is 53.9 Å². The van der Waals surface area contributed by atoms with E-state index in [1.807, 2.05) is 35.7 Å². The number of thiophene rings is 1. The minimum absolute atomic E-state index is 0.00526. The Kier molecular flexibility index (Phi) is 5.72. The molecule has 3 aromatic rings. The van der Waals surface area contributed by atoms with Crippen molar-refractivity contribution in [2.45, 2.75) is 12.8 Å². The highest BCUT2D eigenvalue weighted by atomic mass is 32.1. The number of amides is 2. The molecule has 0 radical (unpaired) electrons. The largest absolute Gasteiger partial charge is 0.493 e. The van der Waals surface area contributed by atoms with E-state index in [9.17, 15) is 9.59 Å². The molecule has 2 heterocycles. The van der Waals surface area contributed by atoms with Gasteiger partial charge in [0, 0.05) is 23.5 Å². The van der Waals surface area contributed by atoms with Crippen LogP contribution in [-0.2, 0) is 6.42 Å². The molecule has 0 spiro atoms. The van der Waals surface area contributed by atoms with E-state index in [4.69, 9.17) is 9.47 Å². The second-order valence-corrected chi connectivity index (χ2v) is 7.85. The molecule has 30 heavy (non-hydrogen) atoms. The summed E-state index contributed by atoms with van der Waals surface area (Å²) in [5, 5.41) is 4.82. The van der Waals surface area contributed by atoms with Crippen LogP contribution in [0.2, 0.25) is 0 Å². The van der Waals surface area contributed by atoms with E-state index in [2.05, 4.69) is 5.32 Å². The molecule has 0 saturated heterocycles. The number of anilines is 2. The predicted octanol–water partition coefficient (Wildman–Crippen LogP) is 4.61. The number of methoxy groups -OCH3 is 2. The molecule has 0 saturated carbocycles. The topological polar surface area (TPSA) is 67.9 Å². The van der Waals surface area contributed by atoms with Gasteiger partial charge < -0.3 is 19.7 Å². The van der Waals surface area contributed by atoms with Gasteiger partial charge in [-0.15, -0.1) is 11.3 Å². The third kappa shape index (κ3) is 3.89. The van der Waals surface area contributed by atoms with Gasteiger partial charge in [0.2, 0.25) is 0 Å². The molecule has 0 atom stereocenters. The van der Waals surface area contributed by atoms with E-state index < -0.39 is 0 Å². The number of nitrogens with zero attached hydrogens (tertiary/aromatic N) is 1. The number of hydrogen-bond acceptors (Lipinski definition) is 5. The third-order valence-electron chi connectivity index (χ3n) is 5.08. The maximum absolute atomic E-state index is 12.9. The number of carbonyl (C=O) groups is 2. The molecule has 154 valence electrons. The van der Waals surface area contributed by atoms with Crippen molar-refractivity contribution >= 4 is 34.5 Å². The summed E-state index contributed by atoms with van der Waals surface area (Å²) in [6.07, 6.45) is 1.83. The Balaban J connectivity index is 1.58. The molecule has 7 heteroatoms. The quantitative estimate of drug-likeness (QED) is 0.652. The summed E-state index contributed by atoms with van der Waals surface area (Å²) in [6.45, 7) is 0.664. The van der Waals surface area contributed by atoms with E-state index in [0.29, 0.717) is 34.2 Å². The molecule has 0 unspecified atom stereocenters. The summed E-state index contributed by atoms with van der Waals surface area (Å²) in [7, 11) is 3.08. The van der Waals surface area contributed by atoms with Crippen LogP contribution in [0, 0.1) is 0 Å². The summed E-state index contributed by atoms with van der Waals surface area (Å²) in [6, 6.07) is 14.5. The number of aryl methyl sites for hydroxylation is 1. The van der Waals surface area contributed by atoms with Crippen molar-refractivity contribution in [3.63, 3.8) is 0 Å². The molecule has 1 N–H and O–H groups in total. The Morgan fingerprint density at radius 1 is 1.03 bits per heavy atom. The van der Waals surface area contributed by atoms with Gasteiger partial charge in [0.15, 0.2) is 11.5 Å². The van der Waals surface area contributed by atoms with Crippen LogP contribution in [-0.4, -0.2) is 32.6 Å². The summed E-state index contributed by atoms with van der Waals surface area (Å²) >= 11 is 1.43. The third-order valence-corrected chi connectivity index (χ3v) is 5.94. The van der Waals surface area contributed by atoms with Gasteiger partial charge >= 0.3 is 0 Å². The molecule has 2 amide bonds. The minimum Gasteiger partial charge on any atom is -0.493 e. The van der Waals surface area contributed by atoms with Crippen molar-refractivity contribution in [3.8, 4) is 11.5 Å². The first kappa shape index (κ1) is 20.0. The Morgan fingerprint density at radius 3 is 2.60 bits per heavy atom. The monoisotopic (exact) mass is 422 g/mol. The average Bonchev–Trinajstić information content (AvgIpc) is 3.32. The van der Waals surface area contributed by atoms with E-state index in [-0.39, 0.29) is 11.8 Å². The molecule has 6 nitrogen and oxygen atoms in total. The first-order chi connectivity index (χ1) is 14.6. The standard InChI is InChI=1S/C23H22N2O4S/c1-28-19-10-8-16(13-20(19)29-2)22(26)24-17-9-7-15-5-3-11-25(18(15)14-17)23(27)21-6-4-12-30-21/h4,6-10,12-14H,3,5,11H2,1-2H3,(H,24,26). The fraction of sp³-hybridized carbons (Fsp3) is 0.217. The lowest BCUT2D eigenvalue weighted by Gasteiger charge is -2.29. The first-order valence-electron chi connectivity index (χ1n) is 9.62. The molecule has 0 bridgehead atoms. The highest BCUT2D eigenvalue weighted by Crippen LogP contribution is 2.32. The van der Waals surface area contributed by atoms with Gasteiger partial charge in [-0.05, 0) is 60.2 Å². The molecule has 1 aromatic heterocycles. The van der Waals surface area contributed by atoms with Crippen LogP contribution in [0.3, 0.4) is 0 Å². The van der Waals surface area contributed by atoms with Crippen LogP contribution in [0.25, 0.3) is 0 Å². The van der Waals surface area contributed by atoms with Gasteiger partial charge in [0.25, 0.3) is 11.8 Å². The lowest BCUT2D eigenvalue weighted by Crippen LogP contribution is -2.35. The number of benzene rings is 2. The van der Waals surface area contributed by atoms with Crippen LogP contribution in [0.4, 0.5) is 11.4 Å². The van der Waals surface area contributed by atoms with E-state index in [1.54, 1.807) is 30.2 Å². The first-order valence-corrected chi connectivity index (χ1v) is 10.5. The Bertz CT molecular complexity index is 1080. The summed E-state index contributed by atoms with van der Waals surface area (Å²) in [4.78, 5) is 28.2. The van der Waals surface area contributed by atoms with Gasteiger partial charge in [-0.2, -0.15) is 0 Å². The number of rotatable bonds is 5. The lowest BCUT2D eigenvalue weighted by atomic mass is 10.0. The zero-order valence-electron chi connectivity index (χ0n) is 16.8. The van der Waals surface area contributed by atoms with Crippen LogP contribution in [0.5, 0.6) is 11.5 Å². The second kappa shape index (κ2) is 8.59. The van der Waals surface area contributed by atoms with Gasteiger partial charge in [0.05, 0.1) is 19.1 Å². The SMILES string of the molecule is COc1ccc(C(=O)Nc2ccc3c(c2)N(C(=O)c2cccs2)CCC3)cc1OC. The average molecular weight is 423 g/mol. The minimum atomic E-state index is -0.261. The predicted molar refractivity (Wildman–Crippen MR) is 118 cm³/mol. The van der Waals surface area contributed by atoms with Gasteiger partial charge in [0.1, 0.15) is 0 Å².